The van der Waals surface area contributed by atoms with Crippen molar-refractivity contribution < 1.29 is 18.7 Å². The normalized spacial score (nSPS) is 30.8. The molecule has 1 saturated heterocycles. The first kappa shape index (κ1) is 19.9. The van der Waals surface area contributed by atoms with E-state index in [1.165, 1.54) is 10.8 Å². The number of anilines is 1. The van der Waals surface area contributed by atoms with Crippen molar-refractivity contribution in [3.8, 4) is 0 Å². The minimum Gasteiger partial charge on any atom is -0.477 e. The predicted octanol–water partition coefficient (Wildman–Crippen LogP) is 3.29. The summed E-state index contributed by atoms with van der Waals surface area (Å²) in [6.07, 6.45) is 9.25. The van der Waals surface area contributed by atoms with Gasteiger partial charge in [-0.25, -0.2) is 13.6 Å². The Bertz CT molecular complexity index is 1250. The highest BCUT2D eigenvalue weighted by molar-refractivity contribution is 5.94. The number of aromatic carboxylic acids is 1. The number of benzene rings is 1. The molecule has 0 amide bonds. The van der Waals surface area contributed by atoms with Gasteiger partial charge in [0.1, 0.15) is 17.1 Å². The van der Waals surface area contributed by atoms with Crippen LogP contribution in [0.15, 0.2) is 29.2 Å². The number of carboxylic acid groups (broad SMARTS) is 1. The molecule has 3 N–H and O–H groups in total. The van der Waals surface area contributed by atoms with E-state index < -0.39 is 28.6 Å². The molecule has 0 radical (unpaired) electrons. The molecule has 6 nitrogen and oxygen atoms in total. The molecule has 3 fully saturated rings. The molecular weight excluding hydrogens is 416 g/mol. The second-order valence-electron chi connectivity index (χ2n) is 9.91. The molecule has 2 saturated carbocycles. The van der Waals surface area contributed by atoms with E-state index in [1.807, 2.05) is 0 Å². The number of carboxylic acids is 1. The van der Waals surface area contributed by atoms with Gasteiger partial charge in [0.2, 0.25) is 5.43 Å². The van der Waals surface area contributed by atoms with Gasteiger partial charge in [-0.15, -0.1) is 0 Å². The summed E-state index contributed by atoms with van der Waals surface area (Å²) >= 11 is 0. The van der Waals surface area contributed by atoms with Crippen molar-refractivity contribution in [1.29, 1.82) is 0 Å². The van der Waals surface area contributed by atoms with Crippen LogP contribution in [0, 0.1) is 34.8 Å². The Morgan fingerprint density at radius 1 is 1.25 bits per heavy atom. The third-order valence-corrected chi connectivity index (χ3v) is 8.32. The molecule has 2 heterocycles. The smallest absolute Gasteiger partial charge is 0.341 e. The molecule has 1 aromatic carbocycles. The van der Waals surface area contributed by atoms with Gasteiger partial charge in [-0.1, -0.05) is 12.2 Å². The number of fused-ring (bicyclic) bond motifs is 2. The van der Waals surface area contributed by atoms with E-state index in [4.69, 9.17) is 5.73 Å². The van der Waals surface area contributed by atoms with Gasteiger partial charge in [0, 0.05) is 37.3 Å². The number of rotatable bonds is 4. The fraction of sp³-hybridized carbons (Fsp3) is 0.500. The third kappa shape index (κ3) is 2.59. The minimum absolute atomic E-state index is 0.00315. The summed E-state index contributed by atoms with van der Waals surface area (Å²) in [7, 11) is 0. The number of pyridine rings is 1. The van der Waals surface area contributed by atoms with Crippen LogP contribution in [0.5, 0.6) is 0 Å². The Morgan fingerprint density at radius 2 is 2.03 bits per heavy atom. The fourth-order valence-corrected chi connectivity index (χ4v) is 6.49. The largest absolute Gasteiger partial charge is 0.477 e. The molecule has 7 rings (SSSR count). The van der Waals surface area contributed by atoms with Crippen LogP contribution in [0.3, 0.4) is 0 Å². The molecule has 0 spiro atoms. The Hall–Kier alpha value is -2.74. The van der Waals surface area contributed by atoms with E-state index in [2.05, 4.69) is 12.2 Å². The highest BCUT2D eigenvalue weighted by Crippen LogP contribution is 2.56. The van der Waals surface area contributed by atoms with Crippen LogP contribution in [0.25, 0.3) is 10.9 Å². The van der Waals surface area contributed by atoms with E-state index in [1.54, 1.807) is 4.90 Å². The number of nitrogens with zero attached hydrogens (tertiary/aromatic N) is 2. The van der Waals surface area contributed by atoms with E-state index in [-0.39, 0.29) is 34.0 Å². The van der Waals surface area contributed by atoms with Crippen molar-refractivity contribution in [3.63, 3.8) is 0 Å². The van der Waals surface area contributed by atoms with Crippen molar-refractivity contribution in [1.82, 2.24) is 4.57 Å². The maximum atomic E-state index is 16.0. The molecule has 4 unspecified atom stereocenters. The Morgan fingerprint density at radius 3 is 2.66 bits per heavy atom. The number of carbonyl (C=O) groups is 1. The Balaban J connectivity index is 1.50. The first-order valence-electron chi connectivity index (χ1n) is 11.3. The molecule has 4 atom stereocenters. The number of hydrogen-bond acceptors (Lipinski definition) is 4. The monoisotopic (exact) mass is 441 g/mol. The summed E-state index contributed by atoms with van der Waals surface area (Å²) < 4.78 is 32.8. The fourth-order valence-electron chi connectivity index (χ4n) is 6.49. The van der Waals surface area contributed by atoms with Crippen molar-refractivity contribution in [3.05, 3.63) is 51.8 Å². The van der Waals surface area contributed by atoms with Gasteiger partial charge in [0.25, 0.3) is 0 Å². The Kier molecular flexibility index (Phi) is 4.13. The number of aromatic nitrogens is 1. The zero-order valence-electron chi connectivity index (χ0n) is 17.6. The van der Waals surface area contributed by atoms with E-state index >= 15 is 8.78 Å². The standard InChI is InChI=1S/C24H25F2N3O3/c25-18-7-14-20(29(13-1-2-13)9-16(22(14)30)23(31)32)19(26)21(18)28-8-15-12-3-5-24(11-27,6-4-12)17(15)10-28/h3,5,7,9,12-13,15,17H,1-2,4,6,8,10-11,27H2,(H,31,32). The lowest BCUT2D eigenvalue weighted by molar-refractivity contribution is 0.0694. The number of allylic oxidation sites excluding steroid dienone is 1. The van der Waals surface area contributed by atoms with Crippen molar-refractivity contribution in [2.45, 2.75) is 31.7 Å². The Labute approximate surface area is 183 Å². The zero-order chi connectivity index (χ0) is 22.4. The summed E-state index contributed by atoms with van der Waals surface area (Å²) in [5.41, 5.74) is 4.61. The van der Waals surface area contributed by atoms with E-state index in [0.29, 0.717) is 31.5 Å². The average molecular weight is 441 g/mol. The molecule has 1 aromatic heterocycles. The van der Waals surface area contributed by atoms with E-state index in [0.717, 1.165) is 31.7 Å². The van der Waals surface area contributed by atoms with Crippen molar-refractivity contribution in [2.75, 3.05) is 24.5 Å². The van der Waals surface area contributed by atoms with Crippen molar-refractivity contribution >= 4 is 22.6 Å². The number of nitrogens with two attached hydrogens (primary N) is 1. The lowest BCUT2D eigenvalue weighted by Gasteiger charge is -2.49. The molecule has 32 heavy (non-hydrogen) atoms. The van der Waals surface area contributed by atoms with Crippen LogP contribution >= 0.6 is 0 Å². The van der Waals surface area contributed by atoms with Gasteiger partial charge >= 0.3 is 5.97 Å². The summed E-state index contributed by atoms with van der Waals surface area (Å²) in [4.78, 5) is 26.1. The number of hydrogen-bond donors (Lipinski definition) is 2. The predicted molar refractivity (Wildman–Crippen MR) is 116 cm³/mol. The maximum Gasteiger partial charge on any atom is 0.341 e. The van der Waals surface area contributed by atoms with Gasteiger partial charge in [-0.05, 0) is 49.5 Å². The second kappa shape index (κ2) is 6.63. The van der Waals surface area contributed by atoms with Gasteiger partial charge < -0.3 is 20.3 Å². The minimum atomic E-state index is -1.39. The average Bonchev–Trinajstić information content (AvgIpc) is 3.52. The summed E-state index contributed by atoms with van der Waals surface area (Å²) in [6.45, 7) is 1.58. The van der Waals surface area contributed by atoms with Crippen LogP contribution in [-0.2, 0) is 0 Å². The quantitative estimate of drug-likeness (QED) is 0.711. The molecular formula is C24H25F2N3O3. The van der Waals surface area contributed by atoms with Gasteiger partial charge in [-0.3, -0.25) is 4.79 Å². The summed E-state index contributed by atoms with van der Waals surface area (Å²) in [6, 6.07) is 0.945. The van der Waals surface area contributed by atoms with Gasteiger partial charge in [-0.2, -0.15) is 0 Å². The van der Waals surface area contributed by atoms with Gasteiger partial charge in [0.15, 0.2) is 5.82 Å². The summed E-state index contributed by atoms with van der Waals surface area (Å²) in [5, 5.41) is 9.20. The topological polar surface area (TPSA) is 88.6 Å². The van der Waals surface area contributed by atoms with Crippen LogP contribution in [0.2, 0.25) is 0 Å². The first-order valence-corrected chi connectivity index (χ1v) is 11.3. The van der Waals surface area contributed by atoms with Crippen LogP contribution in [0.4, 0.5) is 14.5 Å². The third-order valence-electron chi connectivity index (χ3n) is 8.32. The SMILES string of the molecule is NCC12C=CC(CC1)C1CN(c3c(F)cc4c(=O)c(C(=O)O)cn(C5CC5)c4c3F)CC12. The highest BCUT2D eigenvalue weighted by atomic mass is 19.1. The lowest BCUT2D eigenvalue weighted by atomic mass is 9.55. The molecule has 168 valence electrons. The summed E-state index contributed by atoms with van der Waals surface area (Å²) in [5.74, 6) is -2.06. The second-order valence-corrected chi connectivity index (χ2v) is 9.91. The van der Waals surface area contributed by atoms with Crippen LogP contribution < -0.4 is 16.1 Å². The lowest BCUT2D eigenvalue weighted by Crippen LogP contribution is -2.48. The molecule has 2 bridgehead atoms. The first-order chi connectivity index (χ1) is 15.3. The molecule has 8 heteroatoms. The molecule has 1 aliphatic heterocycles. The maximum absolute atomic E-state index is 16.0. The molecule has 5 aliphatic rings. The van der Waals surface area contributed by atoms with Crippen molar-refractivity contribution in [2.24, 2.45) is 28.9 Å². The molecule has 4 aliphatic carbocycles. The molecule has 2 aromatic rings. The van der Waals surface area contributed by atoms with Gasteiger partial charge in [0.05, 0.1) is 10.9 Å². The van der Waals surface area contributed by atoms with Crippen LogP contribution in [0.1, 0.15) is 42.1 Å². The zero-order valence-corrected chi connectivity index (χ0v) is 17.6. The highest BCUT2D eigenvalue weighted by Gasteiger charge is 2.54. The number of halogens is 2. The van der Waals surface area contributed by atoms with E-state index in [9.17, 15) is 14.7 Å². The van der Waals surface area contributed by atoms with Crippen LogP contribution in [-0.4, -0.2) is 35.3 Å².